The first-order valence-electron chi connectivity index (χ1n) is 38.3. The van der Waals surface area contributed by atoms with E-state index in [1.807, 2.05) is 46.8 Å². The quantitative estimate of drug-likeness (QED) is 0.0374. The minimum absolute atomic E-state index is 0.0243. The Balaban J connectivity index is 0.000000212. The number of amides is 1. The lowest BCUT2D eigenvalue weighted by Crippen LogP contribution is -2.55. The zero-order valence-corrected chi connectivity index (χ0v) is 68.6. The fraction of sp³-hybridized carbons (Fsp3) is 0.656. The maximum absolute atomic E-state index is 12.5. The van der Waals surface area contributed by atoms with Crippen molar-refractivity contribution in [2.45, 2.75) is 281 Å². The van der Waals surface area contributed by atoms with Gasteiger partial charge in [-0.1, -0.05) is 169 Å². The molecule has 10 rings (SSSR count). The lowest BCUT2D eigenvalue weighted by atomic mass is 9.39. The van der Waals surface area contributed by atoms with E-state index in [1.54, 1.807) is 18.2 Å². The smallest absolute Gasteiger partial charge is 0.307 e. The van der Waals surface area contributed by atoms with Gasteiger partial charge in [0.2, 0.25) is 17.5 Å². The first-order valence-corrected chi connectivity index (χ1v) is 39.4. The fourth-order valence-corrected chi connectivity index (χ4v) is 21.6. The number of alkyl halides is 2. The second kappa shape index (κ2) is 30.3. The van der Waals surface area contributed by atoms with Crippen LogP contribution in [0.3, 0.4) is 0 Å². The van der Waals surface area contributed by atoms with Crippen LogP contribution in [0.4, 0.5) is 0 Å². The van der Waals surface area contributed by atoms with Gasteiger partial charge in [0.05, 0.1) is 34.6 Å². The lowest BCUT2D eigenvalue weighted by Gasteiger charge is -2.64. The minimum Gasteiger partial charge on any atom is -0.504 e. The number of allylic oxidation sites excluding steroid dienone is 21. The summed E-state index contributed by atoms with van der Waals surface area (Å²) in [5, 5.41) is 40.1. The first kappa shape index (κ1) is 84.3. The highest BCUT2D eigenvalue weighted by Crippen LogP contribution is 2.74. The van der Waals surface area contributed by atoms with Crippen LogP contribution < -0.4 is 5.73 Å². The van der Waals surface area contributed by atoms with Crippen LogP contribution in [-0.2, 0) is 28.7 Å². The molecular weight excluding hydrogens is 1320 g/mol. The van der Waals surface area contributed by atoms with E-state index in [9.17, 15) is 44.7 Å². The molecule has 4 N–H and O–H groups in total. The summed E-state index contributed by atoms with van der Waals surface area (Å²) in [7, 11) is 0. The molecule has 0 spiro atoms. The molecule has 1 amide bonds. The van der Waals surface area contributed by atoms with Crippen molar-refractivity contribution < 1.29 is 38.9 Å². The molecule has 103 heavy (non-hydrogen) atoms. The third kappa shape index (κ3) is 15.8. The number of fused-ring (bicyclic) bond motifs is 10. The van der Waals surface area contributed by atoms with Crippen molar-refractivity contribution in [1.82, 2.24) is 0 Å². The molecule has 0 aromatic carbocycles. The fourth-order valence-electron chi connectivity index (χ4n) is 21.6. The Kier molecular flexibility index (Phi) is 24.8. The molecule has 0 bridgehead atoms. The number of aldehydes is 1. The van der Waals surface area contributed by atoms with Gasteiger partial charge in [-0.05, 0) is 271 Å². The predicted octanol–water partition coefficient (Wildman–Crippen LogP) is 23.3. The number of hydrogen-bond acceptors (Lipinski definition) is 10. The number of carbonyl (C=O) groups excluding carboxylic acids is 5. The van der Waals surface area contributed by atoms with Crippen LogP contribution in [0.15, 0.2) is 140 Å². The van der Waals surface area contributed by atoms with Gasteiger partial charge in [0, 0.05) is 39.7 Å². The van der Waals surface area contributed by atoms with Crippen LogP contribution in [0.1, 0.15) is 281 Å². The molecular formula is C90H127Cl2N3O8. The van der Waals surface area contributed by atoms with Gasteiger partial charge in [0.25, 0.3) is 0 Å². The largest absolute Gasteiger partial charge is 0.504 e. The summed E-state index contributed by atoms with van der Waals surface area (Å²) in [5.41, 5.74) is 15.6. The number of hydrogen-bond donors (Lipinski definition) is 3. The maximum atomic E-state index is 12.5. The van der Waals surface area contributed by atoms with E-state index in [2.05, 4.69) is 159 Å². The normalized spacial score (nSPS) is 38.2. The van der Waals surface area contributed by atoms with E-state index < -0.39 is 5.41 Å². The highest BCUT2D eigenvalue weighted by molar-refractivity contribution is 6.40. The van der Waals surface area contributed by atoms with Gasteiger partial charge in [0.15, 0.2) is 11.5 Å². The van der Waals surface area contributed by atoms with Crippen LogP contribution in [0.25, 0.3) is 0 Å². The van der Waals surface area contributed by atoms with E-state index in [0.717, 1.165) is 150 Å². The van der Waals surface area contributed by atoms with Gasteiger partial charge in [-0.25, -0.2) is 0 Å². The molecule has 11 nitrogen and oxygen atoms in total. The van der Waals surface area contributed by atoms with E-state index in [-0.39, 0.29) is 111 Å². The van der Waals surface area contributed by atoms with E-state index in [0.29, 0.717) is 23.0 Å². The average molecular weight is 1450 g/mol. The number of nitrogens with two attached hydrogens (primary N) is 1. The molecule has 0 saturated heterocycles. The zero-order valence-electron chi connectivity index (χ0n) is 67.1. The Morgan fingerprint density at radius 1 is 0.689 bits per heavy atom. The number of halogens is 2. The molecule has 0 radical (unpaired) electrons. The topological polar surface area (TPSA) is 209 Å². The number of ether oxygens (including phenoxy) is 1. The minimum atomic E-state index is -0.472. The number of aliphatic hydroxyl groups excluding tert-OH is 2. The van der Waals surface area contributed by atoms with Crippen molar-refractivity contribution in [3.63, 3.8) is 0 Å². The van der Waals surface area contributed by atoms with Gasteiger partial charge in [0.1, 0.15) is 6.29 Å². The molecule has 6 fully saturated rings. The summed E-state index contributed by atoms with van der Waals surface area (Å²) >= 11 is 9.53. The SMILES string of the molecule is CC1=C(O)C(=O)C=C2C1=CC=C1[C@@]2(C)CC[C@@]2(C)C[C@](C)(CCC(C)(C)C#N)CC[C@]12C.CC1=C(O)C(=O)C=C2C1=CC=C1[C@@]2(C)CC[C@@]2(C)C[C@](C)(CCC(C)(C)C(N)=O)CC[C@]12C.CC[C@]1(C)/C(=C/C=C/C(C)=C/OC(C)=O)[C@](C)(/C=C/C=O)CC[C@@]1(C)[C@@H]1C[C@](C)(C#N)CC[C@H]1C.ClCCl. The highest BCUT2D eigenvalue weighted by Gasteiger charge is 2.64. The summed E-state index contributed by atoms with van der Waals surface area (Å²) in [6.45, 7) is 48.2. The van der Waals surface area contributed by atoms with Crippen LogP contribution in [0.5, 0.6) is 0 Å². The first-order chi connectivity index (χ1) is 47.5. The Morgan fingerprint density at radius 3 is 1.59 bits per heavy atom. The van der Waals surface area contributed by atoms with Crippen molar-refractivity contribution in [2.75, 3.05) is 5.34 Å². The van der Waals surface area contributed by atoms with Crippen LogP contribution in [-0.4, -0.2) is 45.3 Å². The maximum Gasteiger partial charge on any atom is 0.307 e. The van der Waals surface area contributed by atoms with E-state index in [1.165, 1.54) is 42.7 Å². The van der Waals surface area contributed by atoms with E-state index >= 15 is 0 Å². The number of esters is 1. The van der Waals surface area contributed by atoms with Crippen LogP contribution in [0.2, 0.25) is 0 Å². The van der Waals surface area contributed by atoms with Crippen LogP contribution in [0, 0.1) is 110 Å². The molecule has 6 saturated carbocycles. The molecule has 13 heteroatoms. The zero-order chi connectivity index (χ0) is 77.6. The third-order valence-corrected chi connectivity index (χ3v) is 29.8. The van der Waals surface area contributed by atoms with Gasteiger partial charge in [-0.15, -0.1) is 23.2 Å². The predicted molar refractivity (Wildman–Crippen MR) is 420 cm³/mol. The monoisotopic (exact) mass is 1450 g/mol. The Hall–Kier alpha value is -6.01. The van der Waals surface area contributed by atoms with Crippen molar-refractivity contribution in [3.8, 4) is 12.1 Å². The summed E-state index contributed by atoms with van der Waals surface area (Å²) in [6, 6.07) is 5.12. The summed E-state index contributed by atoms with van der Waals surface area (Å²) in [5.74, 6) is -0.301. The van der Waals surface area contributed by atoms with Crippen molar-refractivity contribution in [2.24, 2.45) is 93.4 Å². The standard InChI is InChI=1S/C31H45NO3.C29H41NO3.C29H39NO2.CH2Cl2/c1-9-30(7)27(13-10-12-23(2)21-35-25(4)34)29(6,15-11-19-33)17-18-31(30,8)26-20-28(5,22-32)16-14-24(26)3;1-18-19-8-9-22-28(6,20(19)16-21(31)23(18)32)14-13-27(5)17-26(4,12-15-29(22,27)7)11-10-25(2,3)24(30)33;1-19-20-8-9-23-28(6,21(20)16-22(31)24(19)32)14-13-27(5)17-26(4,12-15-29(23,27)7)11-10-25(2,3)18-30;2-1-3/h10-13,15,19,21,24,26H,9,14,16-18,20H2,1-8H3;8-9,16,32H,10-15,17H2,1-7H3,(H2,30,33);8-9,16,32H,10-15,17H2,1-7H3;1H2/b12-10+,15-11+,23-21+,27-13+;;;/t24-,26-,28-,29-,30-,31+;2*26-,27+,28+,29-;/m111./s1. The van der Waals surface area contributed by atoms with Gasteiger partial charge >= 0.3 is 5.97 Å². The molecule has 0 unspecified atom stereocenters. The Morgan fingerprint density at radius 2 is 1.17 bits per heavy atom. The summed E-state index contributed by atoms with van der Waals surface area (Å²) in [6.07, 6.45) is 45.5. The number of nitrogens with zero attached hydrogens (tertiary/aromatic N) is 2. The number of rotatable bonds is 14. The molecule has 14 atom stereocenters. The molecule has 0 aliphatic heterocycles. The second-order valence-electron chi connectivity index (χ2n) is 37.8. The molecule has 0 aromatic rings. The number of primary amides is 1. The van der Waals surface area contributed by atoms with Gasteiger partial charge < -0.3 is 20.7 Å². The molecule has 10 aliphatic carbocycles. The van der Waals surface area contributed by atoms with Gasteiger partial charge in [-0.3, -0.25) is 24.0 Å². The number of aliphatic hydroxyl groups is 2. The van der Waals surface area contributed by atoms with E-state index in [4.69, 9.17) is 33.7 Å². The van der Waals surface area contributed by atoms with Crippen molar-refractivity contribution in [1.29, 1.82) is 10.5 Å². The Labute approximate surface area is 630 Å². The Bertz CT molecular complexity index is 3880. The molecule has 10 aliphatic rings. The van der Waals surface area contributed by atoms with Crippen molar-refractivity contribution in [3.05, 3.63) is 140 Å². The van der Waals surface area contributed by atoms with Gasteiger partial charge in [-0.2, -0.15) is 10.5 Å². The summed E-state index contributed by atoms with van der Waals surface area (Å²) < 4.78 is 5.01. The molecule has 0 aromatic heterocycles. The average Bonchev–Trinajstić information content (AvgIpc) is 0.701. The number of ketones is 2. The molecule has 564 valence electrons. The lowest BCUT2D eigenvalue weighted by molar-refractivity contribution is -0.135. The second-order valence-corrected chi connectivity index (χ2v) is 38.6. The third-order valence-electron chi connectivity index (χ3n) is 29.8. The van der Waals surface area contributed by atoms with Crippen LogP contribution >= 0.6 is 23.2 Å². The number of nitriles is 2. The van der Waals surface area contributed by atoms with Crippen molar-refractivity contribution >= 4 is 52.9 Å². The molecule has 0 heterocycles. The highest BCUT2D eigenvalue weighted by atomic mass is 35.5. The number of carbonyl (C=O) groups is 5. The summed E-state index contributed by atoms with van der Waals surface area (Å²) in [4.78, 5) is 59.3.